The number of nitrogens with one attached hydrogen (secondary N) is 1. The number of rotatable bonds is 6. The Morgan fingerprint density at radius 1 is 1.15 bits per heavy atom. The second-order valence-corrected chi connectivity index (χ2v) is 4.17. The summed E-state index contributed by atoms with van der Waals surface area (Å²) in [6.07, 6.45) is 3.47. The maximum atomic E-state index is 11.6. The lowest BCUT2D eigenvalue weighted by Gasteiger charge is -2.06. The first-order valence-corrected chi connectivity index (χ1v) is 6.28. The van der Waals surface area contributed by atoms with Gasteiger partial charge in [-0.1, -0.05) is 12.1 Å². The predicted octanol–water partition coefficient (Wildman–Crippen LogP) is 2.13. The van der Waals surface area contributed by atoms with Gasteiger partial charge in [0.25, 0.3) is 5.56 Å². The molecule has 0 aliphatic carbocycles. The van der Waals surface area contributed by atoms with Gasteiger partial charge in [-0.15, -0.1) is 17.0 Å². The van der Waals surface area contributed by atoms with Gasteiger partial charge in [-0.05, 0) is 43.1 Å². The van der Waals surface area contributed by atoms with E-state index < -0.39 is 0 Å². The van der Waals surface area contributed by atoms with Crippen LogP contribution in [0.25, 0.3) is 11.1 Å². The lowest BCUT2D eigenvalue weighted by atomic mass is 10.1. The van der Waals surface area contributed by atoms with Gasteiger partial charge in [-0.25, -0.2) is 5.10 Å². The summed E-state index contributed by atoms with van der Waals surface area (Å²) in [6, 6.07) is 9.14. The van der Waals surface area contributed by atoms with E-state index in [1.165, 1.54) is 0 Å². The highest BCUT2D eigenvalue weighted by molar-refractivity contribution is 8.93. The quantitative estimate of drug-likeness (QED) is 0.790. The van der Waals surface area contributed by atoms with Crippen molar-refractivity contribution in [1.29, 1.82) is 0 Å². The molecule has 1 aromatic carbocycles. The fraction of sp³-hybridized carbons (Fsp3) is 0.286. The summed E-state index contributed by atoms with van der Waals surface area (Å²) in [7, 11) is 0. The normalized spacial score (nSPS) is 9.85. The Morgan fingerprint density at radius 3 is 2.55 bits per heavy atom. The average molecular weight is 340 g/mol. The third-order valence-corrected chi connectivity index (χ3v) is 2.76. The second kappa shape index (κ2) is 8.50. The van der Waals surface area contributed by atoms with Crippen LogP contribution in [-0.4, -0.2) is 23.3 Å². The summed E-state index contributed by atoms with van der Waals surface area (Å²) in [6.45, 7) is 1.35. The van der Waals surface area contributed by atoms with Crippen molar-refractivity contribution in [1.82, 2.24) is 10.2 Å². The number of unbranched alkanes of at least 4 members (excludes halogenated alkanes) is 1. The van der Waals surface area contributed by atoms with Crippen molar-refractivity contribution in [3.8, 4) is 16.9 Å². The van der Waals surface area contributed by atoms with Crippen LogP contribution in [0.5, 0.6) is 5.75 Å². The van der Waals surface area contributed by atoms with Crippen LogP contribution >= 0.6 is 17.0 Å². The number of benzene rings is 1. The lowest BCUT2D eigenvalue weighted by Crippen LogP contribution is -2.09. The monoisotopic (exact) mass is 339 g/mol. The molecule has 0 radical (unpaired) electrons. The summed E-state index contributed by atoms with van der Waals surface area (Å²) in [5, 5.41) is 6.09. The second-order valence-electron chi connectivity index (χ2n) is 4.17. The number of aromatic nitrogens is 2. The Bertz CT molecular complexity index is 569. The van der Waals surface area contributed by atoms with E-state index in [2.05, 4.69) is 10.2 Å². The van der Waals surface area contributed by atoms with Crippen LogP contribution in [0.3, 0.4) is 0 Å². The number of ether oxygens (including phenoxy) is 1. The Balaban J connectivity index is 0.00000200. The summed E-state index contributed by atoms with van der Waals surface area (Å²) in [5.41, 5.74) is 6.66. The molecule has 0 aliphatic rings. The maximum absolute atomic E-state index is 11.6. The number of hydrogen-bond donors (Lipinski definition) is 2. The first kappa shape index (κ1) is 16.4. The van der Waals surface area contributed by atoms with Crippen molar-refractivity contribution in [2.24, 2.45) is 5.73 Å². The van der Waals surface area contributed by atoms with E-state index in [1.54, 1.807) is 12.3 Å². The number of H-pyrrole nitrogens is 1. The van der Waals surface area contributed by atoms with E-state index in [0.717, 1.165) is 24.2 Å². The number of aromatic amines is 1. The van der Waals surface area contributed by atoms with E-state index in [0.29, 0.717) is 18.7 Å². The van der Waals surface area contributed by atoms with E-state index in [-0.39, 0.29) is 22.5 Å². The molecule has 0 atom stereocenters. The lowest BCUT2D eigenvalue weighted by molar-refractivity contribution is 0.308. The predicted molar refractivity (Wildman–Crippen MR) is 84.4 cm³/mol. The largest absolute Gasteiger partial charge is 0.494 e. The van der Waals surface area contributed by atoms with Gasteiger partial charge < -0.3 is 10.5 Å². The average Bonchev–Trinajstić information content (AvgIpc) is 2.45. The Hall–Kier alpha value is -1.66. The van der Waals surface area contributed by atoms with Crippen LogP contribution in [0.15, 0.2) is 41.3 Å². The van der Waals surface area contributed by atoms with Gasteiger partial charge in [0.1, 0.15) is 5.75 Å². The molecule has 0 saturated heterocycles. The van der Waals surface area contributed by atoms with E-state index >= 15 is 0 Å². The summed E-state index contributed by atoms with van der Waals surface area (Å²) in [5.74, 6) is 0.797. The van der Waals surface area contributed by atoms with Crippen LogP contribution in [0.4, 0.5) is 0 Å². The fourth-order valence-electron chi connectivity index (χ4n) is 1.74. The first-order chi connectivity index (χ1) is 9.31. The van der Waals surface area contributed by atoms with Crippen LogP contribution in [0.2, 0.25) is 0 Å². The van der Waals surface area contributed by atoms with Gasteiger partial charge in [0.05, 0.1) is 6.61 Å². The minimum absolute atomic E-state index is 0. The van der Waals surface area contributed by atoms with Crippen molar-refractivity contribution in [3.63, 3.8) is 0 Å². The topological polar surface area (TPSA) is 81.0 Å². The SMILES string of the molecule is Br.NCCCCOc1ccc(-c2ccn[nH]c2=O)cc1. The standard InChI is InChI=1S/C14H17N3O2.BrH/c15-8-1-2-10-19-12-5-3-11(4-6-12)13-7-9-16-17-14(13)18;/h3-7,9H,1-2,8,10,15H2,(H,17,18);1H. The smallest absolute Gasteiger partial charge is 0.272 e. The first-order valence-electron chi connectivity index (χ1n) is 6.28. The van der Waals surface area contributed by atoms with Crippen molar-refractivity contribution in [3.05, 3.63) is 46.9 Å². The zero-order valence-electron chi connectivity index (χ0n) is 11.0. The number of hydrogen-bond acceptors (Lipinski definition) is 4. The van der Waals surface area contributed by atoms with Crippen LogP contribution in [0, 0.1) is 0 Å². The summed E-state index contributed by atoms with van der Waals surface area (Å²) < 4.78 is 5.58. The molecule has 0 unspecified atom stereocenters. The van der Waals surface area contributed by atoms with Gasteiger partial charge in [0, 0.05) is 11.8 Å². The molecule has 5 nitrogen and oxygen atoms in total. The Morgan fingerprint density at radius 2 is 1.90 bits per heavy atom. The molecule has 0 spiro atoms. The maximum Gasteiger partial charge on any atom is 0.272 e. The Labute approximate surface area is 127 Å². The highest BCUT2D eigenvalue weighted by Gasteiger charge is 2.02. The van der Waals surface area contributed by atoms with E-state index in [1.807, 2.05) is 24.3 Å². The summed E-state index contributed by atoms with van der Waals surface area (Å²) >= 11 is 0. The molecule has 3 N–H and O–H groups in total. The molecule has 1 aromatic heterocycles. The van der Waals surface area contributed by atoms with Crippen molar-refractivity contribution >= 4 is 17.0 Å². The molecule has 1 heterocycles. The van der Waals surface area contributed by atoms with Gasteiger partial charge in [0.2, 0.25) is 0 Å². The minimum atomic E-state index is -0.195. The molecule has 0 amide bonds. The van der Waals surface area contributed by atoms with Gasteiger partial charge in [-0.2, -0.15) is 5.10 Å². The van der Waals surface area contributed by atoms with E-state index in [9.17, 15) is 4.79 Å². The van der Waals surface area contributed by atoms with Gasteiger partial charge >= 0.3 is 0 Å². The molecule has 2 aromatic rings. The van der Waals surface area contributed by atoms with Gasteiger partial charge in [0.15, 0.2) is 0 Å². The molecule has 0 saturated carbocycles. The van der Waals surface area contributed by atoms with Crippen LogP contribution < -0.4 is 16.0 Å². The zero-order valence-corrected chi connectivity index (χ0v) is 12.8. The molecule has 0 bridgehead atoms. The number of nitrogens with zero attached hydrogens (tertiary/aromatic N) is 1. The Kier molecular flexibility index (Phi) is 6.97. The summed E-state index contributed by atoms with van der Waals surface area (Å²) in [4.78, 5) is 11.6. The van der Waals surface area contributed by atoms with E-state index in [4.69, 9.17) is 10.5 Å². The zero-order chi connectivity index (χ0) is 13.5. The molecular formula is C14H18BrN3O2. The van der Waals surface area contributed by atoms with Crippen molar-refractivity contribution < 1.29 is 4.74 Å². The van der Waals surface area contributed by atoms with Crippen LogP contribution in [0.1, 0.15) is 12.8 Å². The highest BCUT2D eigenvalue weighted by Crippen LogP contribution is 2.19. The molecule has 0 fully saturated rings. The molecule has 2 rings (SSSR count). The minimum Gasteiger partial charge on any atom is -0.494 e. The fourth-order valence-corrected chi connectivity index (χ4v) is 1.74. The van der Waals surface area contributed by atoms with Gasteiger partial charge in [-0.3, -0.25) is 4.79 Å². The molecule has 0 aliphatic heterocycles. The van der Waals surface area contributed by atoms with Crippen molar-refractivity contribution in [2.45, 2.75) is 12.8 Å². The van der Waals surface area contributed by atoms with Crippen molar-refractivity contribution in [2.75, 3.05) is 13.2 Å². The molecule has 20 heavy (non-hydrogen) atoms. The third kappa shape index (κ3) is 4.47. The number of halogens is 1. The molecule has 108 valence electrons. The molecular weight excluding hydrogens is 322 g/mol. The number of nitrogens with two attached hydrogens (primary N) is 1. The molecule has 6 heteroatoms. The highest BCUT2D eigenvalue weighted by atomic mass is 79.9. The van der Waals surface area contributed by atoms with Crippen LogP contribution in [-0.2, 0) is 0 Å². The third-order valence-electron chi connectivity index (χ3n) is 2.76.